The number of rotatable bonds is 5. The van der Waals surface area contributed by atoms with Crippen LogP contribution in [0.25, 0.3) is 0 Å². The SMILES string of the molecule is Bc1ccc(OC(C)(C)C(=O)O)c([C@H]2NC(=O)C[C@@H](C3C=C(Cl)C=CC3)C23C(=O)Nc2cc(Cl)ccc23)c1. The van der Waals surface area contributed by atoms with Gasteiger partial charge in [0, 0.05) is 27.7 Å². The Morgan fingerprint density at radius 2 is 1.95 bits per heavy atom. The smallest absolute Gasteiger partial charge is 0.347 e. The van der Waals surface area contributed by atoms with Gasteiger partial charge in [-0.3, -0.25) is 9.59 Å². The van der Waals surface area contributed by atoms with Crippen molar-refractivity contribution in [3.8, 4) is 5.75 Å². The summed E-state index contributed by atoms with van der Waals surface area (Å²) in [6.45, 7) is 2.91. The molecule has 2 unspecified atom stereocenters. The molecule has 1 aliphatic carbocycles. The molecule has 0 radical (unpaired) electrons. The number of hydrogen-bond donors (Lipinski definition) is 3. The summed E-state index contributed by atoms with van der Waals surface area (Å²) >= 11 is 12.7. The van der Waals surface area contributed by atoms with E-state index in [9.17, 15) is 19.5 Å². The molecule has 10 heteroatoms. The number of carboxylic acids is 1. The second-order valence-corrected chi connectivity index (χ2v) is 11.5. The highest BCUT2D eigenvalue weighted by molar-refractivity contribution is 6.32. The first-order valence-electron chi connectivity index (χ1n) is 12.4. The number of carbonyl (C=O) groups excluding carboxylic acids is 2. The molecule has 7 nitrogen and oxygen atoms in total. The number of nitrogens with one attached hydrogen (secondary N) is 2. The Labute approximate surface area is 231 Å². The van der Waals surface area contributed by atoms with E-state index in [0.717, 1.165) is 5.46 Å². The molecule has 0 aromatic heterocycles. The highest BCUT2D eigenvalue weighted by Crippen LogP contribution is 2.58. The minimum Gasteiger partial charge on any atom is -0.478 e. The molecule has 2 aliphatic heterocycles. The Balaban J connectivity index is 1.77. The molecule has 3 aliphatic rings. The van der Waals surface area contributed by atoms with E-state index in [-0.39, 0.29) is 29.9 Å². The zero-order valence-electron chi connectivity index (χ0n) is 21.2. The van der Waals surface area contributed by atoms with E-state index in [0.29, 0.717) is 33.3 Å². The second-order valence-electron chi connectivity index (χ2n) is 10.6. The van der Waals surface area contributed by atoms with Crippen LogP contribution in [0.15, 0.2) is 59.7 Å². The Morgan fingerprint density at radius 3 is 2.66 bits per heavy atom. The Bertz CT molecular complexity index is 1420. The monoisotopic (exact) mass is 552 g/mol. The third kappa shape index (κ3) is 4.30. The van der Waals surface area contributed by atoms with Crippen molar-refractivity contribution in [2.24, 2.45) is 11.8 Å². The molecule has 5 rings (SSSR count). The van der Waals surface area contributed by atoms with Crippen LogP contribution in [0.1, 0.15) is 43.9 Å². The Hall–Kier alpha value is -3.23. The lowest BCUT2D eigenvalue weighted by molar-refractivity contribution is -0.152. The van der Waals surface area contributed by atoms with Crippen molar-refractivity contribution < 1.29 is 24.2 Å². The van der Waals surface area contributed by atoms with Crippen molar-refractivity contribution in [3.05, 3.63) is 75.8 Å². The molecule has 1 fully saturated rings. The van der Waals surface area contributed by atoms with Gasteiger partial charge in [0.2, 0.25) is 11.8 Å². The zero-order valence-corrected chi connectivity index (χ0v) is 22.7. The first kappa shape index (κ1) is 26.4. The number of ether oxygens (including phenoxy) is 1. The lowest BCUT2D eigenvalue weighted by Crippen LogP contribution is -2.59. The van der Waals surface area contributed by atoms with E-state index >= 15 is 0 Å². The fourth-order valence-corrected chi connectivity index (χ4v) is 6.38. The lowest BCUT2D eigenvalue weighted by atomic mass is 9.56. The minimum absolute atomic E-state index is 0.105. The van der Waals surface area contributed by atoms with Crippen molar-refractivity contribution in [1.82, 2.24) is 5.32 Å². The van der Waals surface area contributed by atoms with Gasteiger partial charge in [-0.05, 0) is 61.9 Å². The number of halogens is 2. The third-order valence-electron chi connectivity index (χ3n) is 7.73. The summed E-state index contributed by atoms with van der Waals surface area (Å²) in [5, 5.41) is 16.9. The van der Waals surface area contributed by atoms with E-state index in [1.807, 2.05) is 44.3 Å². The van der Waals surface area contributed by atoms with Crippen LogP contribution in [0, 0.1) is 11.8 Å². The van der Waals surface area contributed by atoms with E-state index in [1.54, 1.807) is 18.2 Å². The minimum atomic E-state index is -1.55. The molecule has 4 atom stereocenters. The van der Waals surface area contributed by atoms with Gasteiger partial charge >= 0.3 is 5.97 Å². The molecule has 1 spiro atoms. The maximum absolute atomic E-state index is 14.2. The highest BCUT2D eigenvalue weighted by atomic mass is 35.5. The van der Waals surface area contributed by atoms with Gasteiger partial charge in [-0.1, -0.05) is 59.0 Å². The second kappa shape index (κ2) is 9.51. The average Bonchev–Trinajstić information content (AvgIpc) is 3.12. The number of allylic oxidation sites excluding steroid dienone is 4. The summed E-state index contributed by atoms with van der Waals surface area (Å²) in [5.74, 6) is -2.00. The van der Waals surface area contributed by atoms with E-state index < -0.39 is 28.9 Å². The quantitative estimate of drug-likeness (QED) is 0.491. The maximum atomic E-state index is 14.2. The van der Waals surface area contributed by atoms with Gasteiger partial charge in [0.25, 0.3) is 0 Å². The number of anilines is 1. The van der Waals surface area contributed by atoms with Gasteiger partial charge in [-0.15, -0.1) is 0 Å². The predicted molar refractivity (Wildman–Crippen MR) is 149 cm³/mol. The first-order chi connectivity index (χ1) is 17.9. The van der Waals surface area contributed by atoms with E-state index in [2.05, 4.69) is 10.6 Å². The van der Waals surface area contributed by atoms with Crippen molar-refractivity contribution >= 4 is 60.0 Å². The molecule has 2 amide bonds. The van der Waals surface area contributed by atoms with Crippen LogP contribution >= 0.6 is 23.2 Å². The molecular formula is C28H27BCl2N2O5. The zero-order chi connectivity index (χ0) is 27.4. The standard InChI is InChI=1S/C28H27BCl2N2O5/c1-27(2,26(36)37)38-22-9-6-15(29)11-18(22)24-28(19-8-7-17(31)12-21(19)32-25(28)35)20(13-23(34)33-24)14-4-3-5-16(30)10-14/h3,5-12,14,20,24H,4,13,29H2,1-2H3,(H,32,35)(H,33,34)(H,36,37)/t14?,20-,24+,28?/m0/s1. The van der Waals surface area contributed by atoms with Gasteiger partial charge in [0.1, 0.15) is 19.0 Å². The molecule has 0 bridgehead atoms. The maximum Gasteiger partial charge on any atom is 0.347 e. The summed E-state index contributed by atoms with van der Waals surface area (Å²) in [6.07, 6.45) is 6.39. The molecule has 2 heterocycles. The van der Waals surface area contributed by atoms with Gasteiger partial charge in [0.05, 0.1) is 6.04 Å². The summed E-state index contributed by atoms with van der Waals surface area (Å²) in [7, 11) is 1.89. The van der Waals surface area contributed by atoms with Crippen molar-refractivity contribution in [3.63, 3.8) is 0 Å². The third-order valence-corrected chi connectivity index (χ3v) is 8.22. The highest BCUT2D eigenvalue weighted by Gasteiger charge is 2.62. The number of carbonyl (C=O) groups is 3. The Kier molecular flexibility index (Phi) is 6.60. The van der Waals surface area contributed by atoms with Crippen LogP contribution in [0.4, 0.5) is 5.69 Å². The van der Waals surface area contributed by atoms with E-state index in [1.165, 1.54) is 13.8 Å². The molecule has 2 aromatic carbocycles. The number of hydrogen-bond acceptors (Lipinski definition) is 4. The van der Waals surface area contributed by atoms with Crippen LogP contribution < -0.4 is 20.8 Å². The molecule has 2 aromatic rings. The van der Waals surface area contributed by atoms with Crippen LogP contribution in [-0.4, -0.2) is 36.3 Å². The fourth-order valence-electron chi connectivity index (χ4n) is 5.96. The molecule has 0 saturated carbocycles. The average molecular weight is 553 g/mol. The number of piperidine rings is 1. The summed E-state index contributed by atoms with van der Waals surface area (Å²) in [5.41, 5.74) is -0.108. The number of amides is 2. The van der Waals surface area contributed by atoms with Crippen LogP contribution in [0.5, 0.6) is 5.75 Å². The van der Waals surface area contributed by atoms with E-state index in [4.69, 9.17) is 27.9 Å². The van der Waals surface area contributed by atoms with Crippen molar-refractivity contribution in [1.29, 1.82) is 0 Å². The van der Waals surface area contributed by atoms with Gasteiger partial charge in [0.15, 0.2) is 5.60 Å². The molecule has 38 heavy (non-hydrogen) atoms. The van der Waals surface area contributed by atoms with Crippen LogP contribution in [0.2, 0.25) is 5.02 Å². The predicted octanol–water partition coefficient (Wildman–Crippen LogP) is 3.61. The molecule has 1 saturated heterocycles. The van der Waals surface area contributed by atoms with Gasteiger partial charge in [-0.25, -0.2) is 4.79 Å². The summed E-state index contributed by atoms with van der Waals surface area (Å²) in [4.78, 5) is 39.5. The topological polar surface area (TPSA) is 105 Å². The van der Waals surface area contributed by atoms with Crippen LogP contribution in [-0.2, 0) is 19.8 Å². The summed E-state index contributed by atoms with van der Waals surface area (Å²) in [6, 6.07) is 9.75. The number of fused-ring (bicyclic) bond motifs is 2. The molecule has 196 valence electrons. The van der Waals surface area contributed by atoms with Gasteiger partial charge < -0.3 is 20.5 Å². The molecular weight excluding hydrogens is 526 g/mol. The normalized spacial score (nSPS) is 26.4. The summed E-state index contributed by atoms with van der Waals surface area (Å²) < 4.78 is 6.03. The van der Waals surface area contributed by atoms with Crippen molar-refractivity contribution in [2.45, 2.75) is 43.7 Å². The van der Waals surface area contributed by atoms with Crippen LogP contribution in [0.3, 0.4) is 0 Å². The number of aliphatic carboxylic acids is 1. The van der Waals surface area contributed by atoms with Gasteiger partial charge in [-0.2, -0.15) is 0 Å². The lowest BCUT2D eigenvalue weighted by Gasteiger charge is -2.49. The first-order valence-corrected chi connectivity index (χ1v) is 13.2. The number of carboxylic acid groups (broad SMARTS) is 1. The van der Waals surface area contributed by atoms with Crippen molar-refractivity contribution in [2.75, 3.05) is 5.32 Å². The molecule has 3 N–H and O–H groups in total. The largest absolute Gasteiger partial charge is 0.478 e. The number of benzene rings is 2. The Morgan fingerprint density at radius 1 is 1.18 bits per heavy atom. The fraction of sp³-hybridized carbons (Fsp3) is 0.321.